The molecule has 27 heavy (non-hydrogen) atoms. The van der Waals surface area contributed by atoms with Gasteiger partial charge in [0.2, 0.25) is 0 Å². The number of amides is 1. The maximum Gasteiger partial charge on any atom is 0.341 e. The van der Waals surface area contributed by atoms with Crippen molar-refractivity contribution in [1.29, 1.82) is 0 Å². The Labute approximate surface area is 168 Å². The number of methoxy groups -OCH3 is 1. The fraction of sp³-hybridized carbons (Fsp3) is 0.429. The van der Waals surface area contributed by atoms with Crippen molar-refractivity contribution >= 4 is 40.0 Å². The van der Waals surface area contributed by atoms with Crippen LogP contribution in [0.25, 0.3) is 0 Å². The summed E-state index contributed by atoms with van der Waals surface area (Å²) in [5.74, 6) is -0.559. The molecular formula is C21H25NO3S2. The highest BCUT2D eigenvalue weighted by atomic mass is 32.2. The molecule has 0 saturated carbocycles. The van der Waals surface area contributed by atoms with Gasteiger partial charge in [-0.2, -0.15) is 0 Å². The molecule has 0 atom stereocenters. The van der Waals surface area contributed by atoms with Crippen LogP contribution >= 0.6 is 23.1 Å². The van der Waals surface area contributed by atoms with E-state index in [1.807, 2.05) is 18.2 Å². The third kappa shape index (κ3) is 4.74. The number of carbonyl (C=O) groups is 2. The third-order valence-electron chi connectivity index (χ3n) is 4.51. The number of thioether (sulfide) groups is 1. The lowest BCUT2D eigenvalue weighted by atomic mass is 10.1. The molecule has 0 fully saturated rings. The Morgan fingerprint density at radius 1 is 1.19 bits per heavy atom. The molecule has 0 spiro atoms. The van der Waals surface area contributed by atoms with E-state index in [-0.39, 0.29) is 11.9 Å². The zero-order valence-corrected chi connectivity index (χ0v) is 17.6. The molecule has 1 aromatic carbocycles. The van der Waals surface area contributed by atoms with E-state index < -0.39 is 0 Å². The number of esters is 1. The second-order valence-electron chi connectivity index (χ2n) is 6.91. The van der Waals surface area contributed by atoms with Crippen LogP contribution in [0.15, 0.2) is 29.2 Å². The average molecular weight is 404 g/mol. The molecular weight excluding hydrogens is 378 g/mol. The van der Waals surface area contributed by atoms with Crippen LogP contribution in [0.1, 0.15) is 64.3 Å². The quantitative estimate of drug-likeness (QED) is 0.404. The van der Waals surface area contributed by atoms with E-state index in [1.165, 1.54) is 29.7 Å². The van der Waals surface area contributed by atoms with Crippen molar-refractivity contribution in [3.8, 4) is 0 Å². The van der Waals surface area contributed by atoms with Crippen LogP contribution in [0.5, 0.6) is 0 Å². The standard InChI is InChI=1S/C21H25NO3S2/c1-13(2)26-15-9-7-8-14(12-15)19(23)22-20-18(21(24)25-3)16-10-5-4-6-11-17(16)27-20/h7-9,12-13H,4-6,10-11H2,1-3H3,(H,22,23). The molecule has 1 heterocycles. The van der Waals surface area contributed by atoms with E-state index in [2.05, 4.69) is 19.2 Å². The molecule has 0 saturated heterocycles. The molecule has 3 rings (SSSR count). The Bertz CT molecular complexity index is 842. The van der Waals surface area contributed by atoms with Crippen molar-refractivity contribution in [2.75, 3.05) is 12.4 Å². The van der Waals surface area contributed by atoms with E-state index in [0.29, 0.717) is 21.4 Å². The first-order chi connectivity index (χ1) is 13.0. The maximum atomic E-state index is 12.8. The van der Waals surface area contributed by atoms with Crippen molar-refractivity contribution in [2.24, 2.45) is 0 Å². The molecule has 0 radical (unpaired) electrons. The van der Waals surface area contributed by atoms with Gasteiger partial charge < -0.3 is 10.1 Å². The first-order valence-electron chi connectivity index (χ1n) is 9.30. The molecule has 4 nitrogen and oxygen atoms in total. The lowest BCUT2D eigenvalue weighted by molar-refractivity contribution is 0.0601. The SMILES string of the molecule is COC(=O)c1c(NC(=O)c2cccc(SC(C)C)c2)sc2c1CCCCC2. The van der Waals surface area contributed by atoms with Crippen LogP contribution in [0.3, 0.4) is 0 Å². The molecule has 1 aromatic heterocycles. The molecule has 0 unspecified atom stereocenters. The molecule has 144 valence electrons. The summed E-state index contributed by atoms with van der Waals surface area (Å²) in [7, 11) is 1.39. The zero-order chi connectivity index (χ0) is 19.4. The van der Waals surface area contributed by atoms with Crippen molar-refractivity contribution in [2.45, 2.75) is 56.1 Å². The largest absolute Gasteiger partial charge is 0.465 e. The summed E-state index contributed by atoms with van der Waals surface area (Å²) in [4.78, 5) is 27.5. The molecule has 6 heteroatoms. The van der Waals surface area contributed by atoms with E-state index in [1.54, 1.807) is 17.8 Å². The fourth-order valence-electron chi connectivity index (χ4n) is 3.31. The number of hydrogen-bond donors (Lipinski definition) is 1. The van der Waals surface area contributed by atoms with Crippen LogP contribution in [0.2, 0.25) is 0 Å². The van der Waals surface area contributed by atoms with Crippen molar-refractivity contribution < 1.29 is 14.3 Å². The number of carbonyl (C=O) groups excluding carboxylic acids is 2. The van der Waals surface area contributed by atoms with Gasteiger partial charge in [-0.1, -0.05) is 26.3 Å². The maximum absolute atomic E-state index is 12.8. The van der Waals surface area contributed by atoms with Gasteiger partial charge in [-0.3, -0.25) is 4.79 Å². The first-order valence-corrected chi connectivity index (χ1v) is 11.0. The Hall–Kier alpha value is -1.79. The zero-order valence-electron chi connectivity index (χ0n) is 16.0. The monoisotopic (exact) mass is 403 g/mol. The number of aryl methyl sites for hydroxylation is 1. The van der Waals surface area contributed by atoms with Gasteiger partial charge in [0, 0.05) is 20.6 Å². The molecule has 0 aliphatic heterocycles. The summed E-state index contributed by atoms with van der Waals surface area (Å²) >= 11 is 3.24. The smallest absolute Gasteiger partial charge is 0.341 e. The number of rotatable bonds is 5. The van der Waals surface area contributed by atoms with Gasteiger partial charge in [0.15, 0.2) is 0 Å². The van der Waals surface area contributed by atoms with Crippen molar-refractivity contribution in [3.63, 3.8) is 0 Å². The summed E-state index contributed by atoms with van der Waals surface area (Å²) in [5, 5.41) is 4.03. The summed E-state index contributed by atoms with van der Waals surface area (Å²) in [6.45, 7) is 4.25. The molecule has 1 aliphatic rings. The van der Waals surface area contributed by atoms with Crippen LogP contribution in [-0.4, -0.2) is 24.2 Å². The highest BCUT2D eigenvalue weighted by Crippen LogP contribution is 2.38. The van der Waals surface area contributed by atoms with Crippen LogP contribution < -0.4 is 5.32 Å². The second kappa shape index (κ2) is 8.93. The van der Waals surface area contributed by atoms with Gasteiger partial charge in [0.05, 0.1) is 12.7 Å². The highest BCUT2D eigenvalue weighted by Gasteiger charge is 2.26. The molecule has 1 N–H and O–H groups in total. The third-order valence-corrected chi connectivity index (χ3v) is 6.71. The van der Waals surface area contributed by atoms with E-state index in [0.717, 1.165) is 36.1 Å². The molecule has 2 aromatic rings. The lowest BCUT2D eigenvalue weighted by Gasteiger charge is -2.09. The Morgan fingerprint density at radius 2 is 1.96 bits per heavy atom. The Kier molecular flexibility index (Phi) is 6.60. The lowest BCUT2D eigenvalue weighted by Crippen LogP contribution is -2.14. The van der Waals surface area contributed by atoms with Crippen molar-refractivity contribution in [3.05, 3.63) is 45.8 Å². The van der Waals surface area contributed by atoms with Gasteiger partial charge in [-0.25, -0.2) is 4.79 Å². The summed E-state index contributed by atoms with van der Waals surface area (Å²) in [6, 6.07) is 7.60. The van der Waals surface area contributed by atoms with Crippen LogP contribution in [0.4, 0.5) is 5.00 Å². The van der Waals surface area contributed by atoms with Gasteiger partial charge in [0.1, 0.15) is 5.00 Å². The minimum absolute atomic E-state index is 0.192. The Balaban J connectivity index is 1.89. The molecule has 1 amide bonds. The fourth-order valence-corrected chi connectivity index (χ4v) is 5.48. The van der Waals surface area contributed by atoms with E-state index >= 15 is 0 Å². The van der Waals surface area contributed by atoms with Crippen LogP contribution in [-0.2, 0) is 17.6 Å². The second-order valence-corrected chi connectivity index (χ2v) is 9.66. The van der Waals surface area contributed by atoms with Gasteiger partial charge in [-0.15, -0.1) is 23.1 Å². The minimum atomic E-state index is -0.367. The number of ether oxygens (including phenoxy) is 1. The summed E-state index contributed by atoms with van der Waals surface area (Å²) in [6.07, 6.45) is 5.18. The number of anilines is 1. The van der Waals surface area contributed by atoms with Gasteiger partial charge >= 0.3 is 5.97 Å². The van der Waals surface area contributed by atoms with Crippen molar-refractivity contribution in [1.82, 2.24) is 0 Å². The van der Waals surface area contributed by atoms with E-state index in [4.69, 9.17) is 4.74 Å². The number of thiophene rings is 1. The van der Waals surface area contributed by atoms with E-state index in [9.17, 15) is 9.59 Å². The summed E-state index contributed by atoms with van der Waals surface area (Å²) in [5.41, 5.74) is 2.20. The number of fused-ring (bicyclic) bond motifs is 1. The average Bonchev–Trinajstić information content (AvgIpc) is 2.81. The topological polar surface area (TPSA) is 55.4 Å². The Morgan fingerprint density at radius 3 is 2.70 bits per heavy atom. The van der Waals surface area contributed by atoms with Gasteiger partial charge in [0.25, 0.3) is 5.91 Å². The predicted molar refractivity (Wildman–Crippen MR) is 112 cm³/mol. The number of benzene rings is 1. The first kappa shape index (κ1) is 20.0. The highest BCUT2D eigenvalue weighted by molar-refractivity contribution is 7.99. The van der Waals surface area contributed by atoms with Gasteiger partial charge in [-0.05, 0) is 49.4 Å². The summed E-state index contributed by atoms with van der Waals surface area (Å²) < 4.78 is 5.01. The number of nitrogens with one attached hydrogen (secondary N) is 1. The minimum Gasteiger partial charge on any atom is -0.465 e. The number of hydrogen-bond acceptors (Lipinski definition) is 5. The van der Waals surface area contributed by atoms with Crippen LogP contribution in [0, 0.1) is 0 Å². The molecule has 0 bridgehead atoms. The predicted octanol–water partition coefficient (Wildman–Crippen LogP) is 5.56. The molecule has 1 aliphatic carbocycles. The normalized spacial score (nSPS) is 13.8.